The Hall–Kier alpha value is -3.50. The fourth-order valence-electron chi connectivity index (χ4n) is 3.84. The Labute approximate surface area is 168 Å². The number of aromatic nitrogens is 7. The number of rotatable bonds is 3. The van der Waals surface area contributed by atoms with Crippen LogP contribution in [0.25, 0.3) is 11.3 Å². The van der Waals surface area contributed by atoms with Gasteiger partial charge in [0.15, 0.2) is 5.65 Å². The van der Waals surface area contributed by atoms with Crippen molar-refractivity contribution in [3.63, 3.8) is 0 Å². The third-order valence-corrected chi connectivity index (χ3v) is 5.28. The largest absolute Gasteiger partial charge is 0.417 e. The van der Waals surface area contributed by atoms with E-state index in [4.69, 9.17) is 0 Å². The standard InChI is InChI=1S/C19H17F3N8/c20-19(21,22)14-8-9-16-23-24-17(29(16)12-14)13-5-4-10-28(11-13)18-25-26-27-30(18)15-6-2-1-3-7-15/h1-3,6-9,12-13H,4-5,10-11H2/t13-/m1/s1. The Bertz CT molecular complexity index is 1170. The molecule has 0 saturated carbocycles. The zero-order valence-corrected chi connectivity index (χ0v) is 15.7. The number of halogens is 3. The molecular weight excluding hydrogens is 397 g/mol. The van der Waals surface area contributed by atoms with Gasteiger partial charge in [-0.2, -0.15) is 17.9 Å². The topological polar surface area (TPSA) is 77.0 Å². The third kappa shape index (κ3) is 3.25. The van der Waals surface area contributed by atoms with E-state index in [9.17, 15) is 13.2 Å². The third-order valence-electron chi connectivity index (χ3n) is 5.28. The summed E-state index contributed by atoms with van der Waals surface area (Å²) >= 11 is 0. The molecule has 1 aliphatic heterocycles. The number of anilines is 1. The zero-order valence-electron chi connectivity index (χ0n) is 15.7. The zero-order chi connectivity index (χ0) is 20.7. The maximum absolute atomic E-state index is 13.2. The molecule has 0 aliphatic carbocycles. The Morgan fingerprint density at radius 2 is 1.80 bits per heavy atom. The molecule has 154 valence electrons. The SMILES string of the molecule is FC(F)(F)c1ccc2nnc([C@@H]3CCCN(c4nnnn4-c4ccccc4)C3)n2c1. The van der Waals surface area contributed by atoms with Gasteiger partial charge in [0.05, 0.1) is 11.3 Å². The van der Waals surface area contributed by atoms with Crippen LogP contribution in [0, 0.1) is 0 Å². The molecule has 0 spiro atoms. The average molecular weight is 414 g/mol. The van der Waals surface area contributed by atoms with Crippen LogP contribution in [0.15, 0.2) is 48.7 Å². The predicted octanol–water partition coefficient (Wildman–Crippen LogP) is 3.11. The van der Waals surface area contributed by atoms with Crippen molar-refractivity contribution in [1.82, 2.24) is 34.8 Å². The van der Waals surface area contributed by atoms with E-state index < -0.39 is 11.7 Å². The molecule has 5 rings (SSSR count). The fraction of sp³-hybridized carbons (Fsp3) is 0.316. The summed E-state index contributed by atoms with van der Waals surface area (Å²) in [4.78, 5) is 2.04. The highest BCUT2D eigenvalue weighted by molar-refractivity contribution is 5.43. The molecule has 1 atom stereocenters. The van der Waals surface area contributed by atoms with Crippen molar-refractivity contribution < 1.29 is 13.2 Å². The van der Waals surface area contributed by atoms with Crippen molar-refractivity contribution in [2.24, 2.45) is 0 Å². The van der Waals surface area contributed by atoms with Crippen molar-refractivity contribution in [2.75, 3.05) is 18.0 Å². The highest BCUT2D eigenvalue weighted by Crippen LogP contribution is 2.32. The van der Waals surface area contributed by atoms with E-state index in [1.165, 1.54) is 10.5 Å². The van der Waals surface area contributed by atoms with Crippen LogP contribution in [0.5, 0.6) is 0 Å². The quantitative estimate of drug-likeness (QED) is 0.513. The monoisotopic (exact) mass is 414 g/mol. The molecule has 1 fully saturated rings. The minimum atomic E-state index is -4.42. The number of piperidine rings is 1. The van der Waals surface area contributed by atoms with E-state index >= 15 is 0 Å². The summed E-state index contributed by atoms with van der Waals surface area (Å²) in [6, 6.07) is 11.9. The maximum Gasteiger partial charge on any atom is 0.417 e. The van der Waals surface area contributed by atoms with Gasteiger partial charge in [-0.15, -0.1) is 10.2 Å². The molecule has 0 bridgehead atoms. The second kappa shape index (κ2) is 7.08. The van der Waals surface area contributed by atoms with Crippen LogP contribution in [0.1, 0.15) is 30.1 Å². The summed E-state index contributed by atoms with van der Waals surface area (Å²) in [6.45, 7) is 1.28. The molecule has 1 saturated heterocycles. The van der Waals surface area contributed by atoms with Gasteiger partial charge < -0.3 is 4.90 Å². The first-order valence-corrected chi connectivity index (χ1v) is 9.51. The summed E-state index contributed by atoms with van der Waals surface area (Å²) in [7, 11) is 0. The molecule has 30 heavy (non-hydrogen) atoms. The molecule has 0 amide bonds. The second-order valence-electron chi connectivity index (χ2n) is 7.21. The molecule has 1 aromatic carbocycles. The van der Waals surface area contributed by atoms with Crippen LogP contribution in [0.2, 0.25) is 0 Å². The molecular formula is C19H17F3N8. The summed E-state index contributed by atoms with van der Waals surface area (Å²) < 4.78 is 42.6. The number of tetrazole rings is 1. The average Bonchev–Trinajstić information content (AvgIpc) is 3.41. The van der Waals surface area contributed by atoms with E-state index in [-0.39, 0.29) is 5.92 Å². The lowest BCUT2D eigenvalue weighted by molar-refractivity contribution is -0.137. The molecule has 4 aromatic rings. The highest BCUT2D eigenvalue weighted by atomic mass is 19.4. The number of pyridine rings is 1. The smallest absolute Gasteiger partial charge is 0.339 e. The van der Waals surface area contributed by atoms with Gasteiger partial charge in [0.2, 0.25) is 5.95 Å². The number of alkyl halides is 3. The van der Waals surface area contributed by atoms with E-state index in [2.05, 4.69) is 25.7 Å². The van der Waals surface area contributed by atoms with E-state index in [0.717, 1.165) is 37.3 Å². The highest BCUT2D eigenvalue weighted by Gasteiger charge is 2.33. The normalized spacial score (nSPS) is 17.6. The number of para-hydroxylation sites is 1. The molecule has 0 N–H and O–H groups in total. The minimum absolute atomic E-state index is 0.0989. The van der Waals surface area contributed by atoms with Gasteiger partial charge in [0.1, 0.15) is 5.82 Å². The molecule has 0 radical (unpaired) electrons. The van der Waals surface area contributed by atoms with Crippen molar-refractivity contribution in [3.8, 4) is 5.69 Å². The minimum Gasteiger partial charge on any atom is -0.339 e. The van der Waals surface area contributed by atoms with Crippen LogP contribution >= 0.6 is 0 Å². The van der Waals surface area contributed by atoms with Gasteiger partial charge in [-0.3, -0.25) is 4.40 Å². The van der Waals surface area contributed by atoms with Gasteiger partial charge in [0.25, 0.3) is 0 Å². The summed E-state index contributed by atoms with van der Waals surface area (Å²) in [5.74, 6) is 1.01. The number of nitrogens with zero attached hydrogens (tertiary/aromatic N) is 8. The van der Waals surface area contributed by atoms with Gasteiger partial charge in [-0.05, 0) is 47.5 Å². The van der Waals surface area contributed by atoms with Crippen LogP contribution < -0.4 is 4.90 Å². The van der Waals surface area contributed by atoms with Gasteiger partial charge >= 0.3 is 6.18 Å². The first-order valence-electron chi connectivity index (χ1n) is 9.51. The fourth-order valence-corrected chi connectivity index (χ4v) is 3.84. The lowest BCUT2D eigenvalue weighted by Crippen LogP contribution is -2.36. The first-order chi connectivity index (χ1) is 14.5. The van der Waals surface area contributed by atoms with Crippen LogP contribution in [0.4, 0.5) is 19.1 Å². The van der Waals surface area contributed by atoms with Gasteiger partial charge in [-0.1, -0.05) is 23.3 Å². The maximum atomic E-state index is 13.2. The van der Waals surface area contributed by atoms with Crippen molar-refractivity contribution in [3.05, 3.63) is 60.0 Å². The van der Waals surface area contributed by atoms with Crippen LogP contribution in [0.3, 0.4) is 0 Å². The predicted molar refractivity (Wildman–Crippen MR) is 101 cm³/mol. The summed E-state index contributed by atoms with van der Waals surface area (Å²) in [5.41, 5.74) is 0.503. The number of benzene rings is 1. The second-order valence-corrected chi connectivity index (χ2v) is 7.21. The number of hydrogen-bond acceptors (Lipinski definition) is 6. The molecule has 8 nitrogen and oxygen atoms in total. The van der Waals surface area contributed by atoms with Crippen LogP contribution in [-0.4, -0.2) is 47.9 Å². The number of hydrogen-bond donors (Lipinski definition) is 0. The Balaban J connectivity index is 1.47. The Morgan fingerprint density at radius 1 is 0.967 bits per heavy atom. The van der Waals surface area contributed by atoms with Crippen molar-refractivity contribution >= 4 is 11.6 Å². The molecule has 11 heteroatoms. The van der Waals surface area contributed by atoms with Crippen LogP contribution in [-0.2, 0) is 6.18 Å². The van der Waals surface area contributed by atoms with Crippen molar-refractivity contribution in [1.29, 1.82) is 0 Å². The lowest BCUT2D eigenvalue weighted by atomic mass is 9.97. The van der Waals surface area contributed by atoms with E-state index in [0.29, 0.717) is 24.0 Å². The molecule has 3 aromatic heterocycles. The van der Waals surface area contributed by atoms with Gasteiger partial charge in [-0.25, -0.2) is 0 Å². The van der Waals surface area contributed by atoms with Crippen molar-refractivity contribution in [2.45, 2.75) is 24.9 Å². The van der Waals surface area contributed by atoms with E-state index in [1.807, 2.05) is 35.2 Å². The number of fused-ring (bicyclic) bond motifs is 1. The Kier molecular flexibility index (Phi) is 4.37. The summed E-state index contributed by atoms with van der Waals surface area (Å²) in [5, 5.41) is 20.3. The van der Waals surface area contributed by atoms with Gasteiger partial charge in [0, 0.05) is 25.2 Å². The summed E-state index contributed by atoms with van der Waals surface area (Å²) in [6.07, 6.45) is -1.73. The lowest BCUT2D eigenvalue weighted by Gasteiger charge is -2.32. The molecule has 0 unspecified atom stereocenters. The molecule has 4 heterocycles. The molecule has 1 aliphatic rings. The van der Waals surface area contributed by atoms with E-state index in [1.54, 1.807) is 4.68 Å². The first kappa shape index (κ1) is 18.5. The Morgan fingerprint density at radius 3 is 2.60 bits per heavy atom.